The number of nitrogens with one attached hydrogen (secondary N) is 1. The van der Waals surface area contributed by atoms with E-state index in [1.165, 1.54) is 6.42 Å². The minimum atomic E-state index is -0.255. The Morgan fingerprint density at radius 3 is 3.00 bits per heavy atom. The number of hydrogen-bond acceptors (Lipinski definition) is 4. The van der Waals surface area contributed by atoms with Crippen molar-refractivity contribution in [3.8, 4) is 0 Å². The van der Waals surface area contributed by atoms with Gasteiger partial charge in [-0.3, -0.25) is 0 Å². The molecular formula is C14H22ClN3O. The summed E-state index contributed by atoms with van der Waals surface area (Å²) in [5.74, 6) is 0.519. The lowest BCUT2D eigenvalue weighted by atomic mass is 9.84. The predicted molar refractivity (Wildman–Crippen MR) is 78.3 cm³/mol. The Balaban J connectivity index is 2.35. The number of anilines is 1. The van der Waals surface area contributed by atoms with Crippen molar-refractivity contribution in [2.45, 2.75) is 44.8 Å². The van der Waals surface area contributed by atoms with E-state index in [2.05, 4.69) is 24.1 Å². The largest absolute Gasteiger partial charge is 0.383 e. The van der Waals surface area contributed by atoms with Gasteiger partial charge in [0.1, 0.15) is 5.82 Å². The monoisotopic (exact) mass is 283 g/mol. The first-order valence-electron chi connectivity index (χ1n) is 6.85. The molecule has 0 saturated carbocycles. The molecule has 0 aromatic carbocycles. The van der Waals surface area contributed by atoms with Crippen LogP contribution in [0.3, 0.4) is 0 Å². The highest BCUT2D eigenvalue weighted by molar-refractivity contribution is 6.30. The highest BCUT2D eigenvalue weighted by Gasteiger charge is 2.38. The van der Waals surface area contributed by atoms with Gasteiger partial charge in [-0.05, 0) is 38.8 Å². The van der Waals surface area contributed by atoms with E-state index in [1.807, 2.05) is 6.07 Å². The standard InChI is InChI=1S/C14H22ClN3O/c1-3-17-12(14(2)6-4-5-7-19-14)11-8-10(15)9-18-13(11)16/h8-9,12,17H,3-7H2,1-2H3,(H2,16,18). The van der Waals surface area contributed by atoms with Gasteiger partial charge in [0.05, 0.1) is 16.7 Å². The Labute approximate surface area is 119 Å². The molecule has 2 heterocycles. The first-order chi connectivity index (χ1) is 9.07. The van der Waals surface area contributed by atoms with Gasteiger partial charge in [-0.1, -0.05) is 18.5 Å². The maximum Gasteiger partial charge on any atom is 0.128 e. The van der Waals surface area contributed by atoms with Crippen LogP contribution in [0.25, 0.3) is 0 Å². The maximum atomic E-state index is 6.06. The van der Waals surface area contributed by atoms with Crippen LogP contribution < -0.4 is 11.1 Å². The van der Waals surface area contributed by atoms with Crippen LogP contribution in [0.15, 0.2) is 12.3 Å². The summed E-state index contributed by atoms with van der Waals surface area (Å²) in [7, 11) is 0. The molecule has 2 unspecified atom stereocenters. The van der Waals surface area contributed by atoms with Crippen LogP contribution in [0.4, 0.5) is 5.82 Å². The third-order valence-corrected chi connectivity index (χ3v) is 3.95. The summed E-state index contributed by atoms with van der Waals surface area (Å²) >= 11 is 6.06. The second-order valence-corrected chi connectivity index (χ2v) is 5.67. The lowest BCUT2D eigenvalue weighted by molar-refractivity contribution is -0.0894. The molecule has 0 spiro atoms. The van der Waals surface area contributed by atoms with Crippen LogP contribution in [0.5, 0.6) is 0 Å². The Morgan fingerprint density at radius 2 is 2.37 bits per heavy atom. The van der Waals surface area contributed by atoms with Crippen molar-refractivity contribution >= 4 is 17.4 Å². The van der Waals surface area contributed by atoms with E-state index < -0.39 is 0 Å². The predicted octanol–water partition coefficient (Wildman–Crippen LogP) is 2.93. The normalized spacial score (nSPS) is 25.2. The molecule has 1 aromatic rings. The van der Waals surface area contributed by atoms with Crippen molar-refractivity contribution in [3.63, 3.8) is 0 Å². The minimum Gasteiger partial charge on any atom is -0.383 e. The minimum absolute atomic E-state index is 0.0176. The molecule has 0 radical (unpaired) electrons. The molecule has 1 aromatic heterocycles. The topological polar surface area (TPSA) is 60.2 Å². The molecule has 0 aliphatic carbocycles. The van der Waals surface area contributed by atoms with Crippen LogP contribution in [0.1, 0.15) is 44.7 Å². The van der Waals surface area contributed by atoms with Crippen LogP contribution >= 0.6 is 11.6 Å². The van der Waals surface area contributed by atoms with Gasteiger partial charge in [-0.15, -0.1) is 0 Å². The quantitative estimate of drug-likeness (QED) is 0.892. The lowest BCUT2D eigenvalue weighted by Crippen LogP contribution is -2.46. The first-order valence-corrected chi connectivity index (χ1v) is 7.23. The van der Waals surface area contributed by atoms with Crippen LogP contribution in [-0.4, -0.2) is 23.7 Å². The second kappa shape index (κ2) is 6.07. The molecule has 1 aliphatic heterocycles. The summed E-state index contributed by atoms with van der Waals surface area (Å²) in [6.45, 7) is 5.86. The fourth-order valence-electron chi connectivity index (χ4n) is 2.74. The van der Waals surface area contributed by atoms with E-state index in [0.717, 1.165) is 31.6 Å². The van der Waals surface area contributed by atoms with Crippen molar-refractivity contribution < 1.29 is 4.74 Å². The van der Waals surface area contributed by atoms with Gasteiger partial charge in [0.2, 0.25) is 0 Å². The van der Waals surface area contributed by atoms with Crippen LogP contribution in [0.2, 0.25) is 5.02 Å². The molecule has 2 atom stereocenters. The van der Waals surface area contributed by atoms with Gasteiger partial charge in [0.25, 0.3) is 0 Å². The third kappa shape index (κ3) is 3.19. The van der Waals surface area contributed by atoms with Crippen molar-refractivity contribution in [3.05, 3.63) is 22.8 Å². The molecule has 3 N–H and O–H groups in total. The van der Waals surface area contributed by atoms with Crippen molar-refractivity contribution in [2.24, 2.45) is 0 Å². The Morgan fingerprint density at radius 1 is 1.58 bits per heavy atom. The molecule has 1 fully saturated rings. The maximum absolute atomic E-state index is 6.06. The summed E-state index contributed by atoms with van der Waals surface area (Å²) in [5, 5.41) is 4.08. The van der Waals surface area contributed by atoms with Gasteiger partial charge in [-0.25, -0.2) is 4.98 Å². The summed E-state index contributed by atoms with van der Waals surface area (Å²) in [6.07, 6.45) is 4.88. The number of ether oxygens (including phenoxy) is 1. The van der Waals surface area contributed by atoms with E-state index in [0.29, 0.717) is 10.8 Å². The van der Waals surface area contributed by atoms with E-state index >= 15 is 0 Å². The first kappa shape index (κ1) is 14.6. The van der Waals surface area contributed by atoms with E-state index in [-0.39, 0.29) is 11.6 Å². The van der Waals surface area contributed by atoms with Gasteiger partial charge < -0.3 is 15.8 Å². The molecule has 4 nitrogen and oxygen atoms in total. The average molecular weight is 284 g/mol. The van der Waals surface area contributed by atoms with Gasteiger partial charge in [0, 0.05) is 18.4 Å². The average Bonchev–Trinajstić information content (AvgIpc) is 2.40. The number of nitrogens with zero attached hydrogens (tertiary/aromatic N) is 1. The Hall–Kier alpha value is -0.840. The molecule has 0 amide bonds. The zero-order chi connectivity index (χ0) is 13.9. The highest BCUT2D eigenvalue weighted by Crippen LogP contribution is 2.38. The molecule has 5 heteroatoms. The Bertz CT molecular complexity index is 433. The number of pyridine rings is 1. The molecule has 2 rings (SSSR count). The molecule has 106 valence electrons. The van der Waals surface area contributed by atoms with Gasteiger partial charge in [0.15, 0.2) is 0 Å². The number of likely N-dealkylation sites (N-methyl/N-ethyl adjacent to an activating group) is 1. The van der Waals surface area contributed by atoms with Gasteiger partial charge >= 0.3 is 0 Å². The second-order valence-electron chi connectivity index (χ2n) is 5.24. The Kier molecular flexibility index (Phi) is 4.66. The lowest BCUT2D eigenvalue weighted by Gasteiger charge is -2.41. The third-order valence-electron chi connectivity index (χ3n) is 3.75. The summed E-state index contributed by atoms with van der Waals surface area (Å²) in [6, 6.07) is 1.91. The number of nitrogen functional groups attached to an aromatic ring is 1. The fraction of sp³-hybridized carbons (Fsp3) is 0.643. The number of nitrogens with two attached hydrogens (primary N) is 1. The number of rotatable bonds is 4. The van der Waals surface area contributed by atoms with Gasteiger partial charge in [-0.2, -0.15) is 0 Å². The summed E-state index contributed by atoms with van der Waals surface area (Å²) in [4.78, 5) is 4.16. The van der Waals surface area contributed by atoms with E-state index in [1.54, 1.807) is 6.20 Å². The zero-order valence-corrected chi connectivity index (χ0v) is 12.3. The molecular weight excluding hydrogens is 262 g/mol. The van der Waals surface area contributed by atoms with E-state index in [9.17, 15) is 0 Å². The number of aromatic nitrogens is 1. The van der Waals surface area contributed by atoms with Crippen LogP contribution in [-0.2, 0) is 4.74 Å². The van der Waals surface area contributed by atoms with Crippen LogP contribution in [0, 0.1) is 0 Å². The number of halogens is 1. The molecule has 19 heavy (non-hydrogen) atoms. The van der Waals surface area contributed by atoms with E-state index in [4.69, 9.17) is 22.1 Å². The van der Waals surface area contributed by atoms with Crippen molar-refractivity contribution in [2.75, 3.05) is 18.9 Å². The van der Waals surface area contributed by atoms with Crippen molar-refractivity contribution in [1.29, 1.82) is 0 Å². The number of hydrogen-bond donors (Lipinski definition) is 2. The van der Waals surface area contributed by atoms with Crippen molar-refractivity contribution in [1.82, 2.24) is 10.3 Å². The summed E-state index contributed by atoms with van der Waals surface area (Å²) in [5.41, 5.74) is 6.70. The fourth-order valence-corrected chi connectivity index (χ4v) is 2.91. The summed E-state index contributed by atoms with van der Waals surface area (Å²) < 4.78 is 6.04. The smallest absolute Gasteiger partial charge is 0.128 e. The zero-order valence-electron chi connectivity index (χ0n) is 11.6. The molecule has 0 bridgehead atoms. The molecule has 1 aliphatic rings. The molecule has 1 saturated heterocycles. The highest BCUT2D eigenvalue weighted by atomic mass is 35.5. The SMILES string of the molecule is CCNC(c1cc(Cl)cnc1N)C1(C)CCCCO1.